The van der Waals surface area contributed by atoms with Crippen LogP contribution >= 0.6 is 0 Å². The normalized spacial score (nSPS) is 21.6. The van der Waals surface area contributed by atoms with Crippen molar-refractivity contribution in [3.63, 3.8) is 0 Å². The maximum Gasteiger partial charge on any atom is 0.145 e. The third kappa shape index (κ3) is 3.01. The Hall–Kier alpha value is -2.05. The van der Waals surface area contributed by atoms with Crippen LogP contribution in [0.3, 0.4) is 0 Å². The smallest absolute Gasteiger partial charge is 0.145 e. The molecule has 2 heterocycles. The molecule has 0 bridgehead atoms. The Bertz CT molecular complexity index is 609. The van der Waals surface area contributed by atoms with Gasteiger partial charge in [0.1, 0.15) is 17.7 Å². The Labute approximate surface area is 123 Å². The highest BCUT2D eigenvalue weighted by Crippen LogP contribution is 2.30. The van der Waals surface area contributed by atoms with Crippen molar-refractivity contribution >= 4 is 5.82 Å². The molecule has 0 saturated carbocycles. The van der Waals surface area contributed by atoms with Crippen LogP contribution in [-0.2, 0) is 11.3 Å². The maximum atomic E-state index is 9.61. The molecule has 0 aliphatic carbocycles. The zero-order valence-electron chi connectivity index (χ0n) is 11.9. The summed E-state index contributed by atoms with van der Waals surface area (Å²) in [6.45, 7) is 0.963. The van der Waals surface area contributed by atoms with E-state index in [0.29, 0.717) is 25.4 Å². The number of rotatable bonds is 4. The number of nitrogens with zero attached hydrogens (tertiary/aromatic N) is 2. The van der Waals surface area contributed by atoms with Crippen molar-refractivity contribution < 1.29 is 14.6 Å². The molecule has 0 spiro atoms. The minimum Gasteiger partial charge on any atom is -0.497 e. The van der Waals surface area contributed by atoms with Crippen molar-refractivity contribution in [1.29, 1.82) is 0 Å². The van der Waals surface area contributed by atoms with Crippen molar-refractivity contribution in [2.24, 2.45) is 0 Å². The lowest BCUT2D eigenvalue weighted by Gasteiger charge is -2.12. The van der Waals surface area contributed by atoms with E-state index in [1.807, 2.05) is 35.0 Å². The first-order valence-corrected chi connectivity index (χ1v) is 6.91. The van der Waals surface area contributed by atoms with E-state index in [1.54, 1.807) is 7.11 Å². The molecule has 1 aromatic carbocycles. The highest BCUT2D eigenvalue weighted by molar-refractivity contribution is 5.32. The number of aliphatic hydroxyl groups excluding tert-OH is 1. The third-order valence-electron chi connectivity index (χ3n) is 3.63. The molecule has 1 saturated heterocycles. The van der Waals surface area contributed by atoms with E-state index in [2.05, 4.69) is 5.10 Å². The van der Waals surface area contributed by atoms with E-state index < -0.39 is 6.10 Å². The van der Waals surface area contributed by atoms with Crippen molar-refractivity contribution in [3.05, 3.63) is 41.6 Å². The van der Waals surface area contributed by atoms with Gasteiger partial charge in [0.25, 0.3) is 0 Å². The molecule has 3 N–H and O–H groups in total. The molecule has 2 aromatic rings. The van der Waals surface area contributed by atoms with Crippen molar-refractivity contribution in [2.75, 3.05) is 19.5 Å². The highest BCUT2D eigenvalue weighted by Gasteiger charge is 2.28. The summed E-state index contributed by atoms with van der Waals surface area (Å²) in [5.74, 6) is 1.28. The number of aliphatic hydroxyl groups is 1. The lowest BCUT2D eigenvalue weighted by molar-refractivity contribution is 0.0844. The van der Waals surface area contributed by atoms with Crippen molar-refractivity contribution in [1.82, 2.24) is 9.78 Å². The Kier molecular flexibility index (Phi) is 3.81. The van der Waals surface area contributed by atoms with Gasteiger partial charge in [-0.15, -0.1) is 0 Å². The minimum atomic E-state index is -0.416. The van der Waals surface area contributed by atoms with Crippen LogP contribution in [-0.4, -0.2) is 34.7 Å². The number of aromatic nitrogens is 2. The summed E-state index contributed by atoms with van der Waals surface area (Å²) in [5.41, 5.74) is 7.81. The predicted octanol–water partition coefficient (Wildman–Crippen LogP) is 1.34. The van der Waals surface area contributed by atoms with Gasteiger partial charge in [-0.3, -0.25) is 4.68 Å². The molecule has 6 heteroatoms. The van der Waals surface area contributed by atoms with Crippen molar-refractivity contribution in [3.8, 4) is 5.75 Å². The first-order chi connectivity index (χ1) is 10.2. The molecule has 6 nitrogen and oxygen atoms in total. The standard InChI is InChI=1S/C15H19N3O3/c1-20-12-4-2-10(3-5-12)8-18-13(7-15(16)17-18)14-6-11(19)9-21-14/h2-5,7,11,14,19H,6,8-9H2,1H3,(H2,16,17). The van der Waals surface area contributed by atoms with Gasteiger partial charge in [-0.2, -0.15) is 5.10 Å². The number of anilines is 1. The Balaban J connectivity index is 1.81. The van der Waals surface area contributed by atoms with E-state index in [9.17, 15) is 5.11 Å². The topological polar surface area (TPSA) is 82.5 Å². The summed E-state index contributed by atoms with van der Waals surface area (Å²) in [6, 6.07) is 9.62. The maximum absolute atomic E-state index is 9.61. The number of hydrogen-bond donors (Lipinski definition) is 2. The zero-order chi connectivity index (χ0) is 14.8. The molecule has 1 fully saturated rings. The predicted molar refractivity (Wildman–Crippen MR) is 78.1 cm³/mol. The average molecular weight is 289 g/mol. The van der Waals surface area contributed by atoms with Gasteiger partial charge in [-0.25, -0.2) is 0 Å². The molecule has 3 rings (SSSR count). The number of nitrogens with two attached hydrogens (primary N) is 1. The monoisotopic (exact) mass is 289 g/mol. The quantitative estimate of drug-likeness (QED) is 0.887. The molecular weight excluding hydrogens is 270 g/mol. The van der Waals surface area contributed by atoms with Gasteiger partial charge in [0, 0.05) is 12.5 Å². The summed E-state index contributed by atoms with van der Waals surface area (Å²) in [4.78, 5) is 0. The molecule has 0 amide bonds. The number of benzene rings is 1. The Morgan fingerprint density at radius 3 is 2.81 bits per heavy atom. The summed E-state index contributed by atoms with van der Waals surface area (Å²) in [7, 11) is 1.64. The highest BCUT2D eigenvalue weighted by atomic mass is 16.5. The van der Waals surface area contributed by atoms with Crippen LogP contribution in [0.5, 0.6) is 5.75 Å². The van der Waals surface area contributed by atoms with Crippen LogP contribution in [0.2, 0.25) is 0 Å². The van der Waals surface area contributed by atoms with Gasteiger partial charge in [0.15, 0.2) is 0 Å². The van der Waals surface area contributed by atoms with Crippen LogP contribution in [0, 0.1) is 0 Å². The Morgan fingerprint density at radius 2 is 2.19 bits per heavy atom. The van der Waals surface area contributed by atoms with Crippen LogP contribution in [0.1, 0.15) is 23.8 Å². The second kappa shape index (κ2) is 5.75. The second-order valence-corrected chi connectivity index (χ2v) is 5.21. The molecule has 2 atom stereocenters. The second-order valence-electron chi connectivity index (χ2n) is 5.21. The number of nitrogen functional groups attached to an aromatic ring is 1. The molecule has 1 aliphatic heterocycles. The fraction of sp³-hybridized carbons (Fsp3) is 0.400. The van der Waals surface area contributed by atoms with Gasteiger partial charge < -0.3 is 20.3 Å². The number of ether oxygens (including phenoxy) is 2. The molecule has 21 heavy (non-hydrogen) atoms. The molecule has 0 radical (unpaired) electrons. The van der Waals surface area contributed by atoms with Crippen LogP contribution in [0.15, 0.2) is 30.3 Å². The van der Waals surface area contributed by atoms with Crippen LogP contribution < -0.4 is 10.5 Å². The van der Waals surface area contributed by atoms with Gasteiger partial charge >= 0.3 is 0 Å². The third-order valence-corrected chi connectivity index (χ3v) is 3.63. The Morgan fingerprint density at radius 1 is 1.43 bits per heavy atom. The van der Waals surface area contributed by atoms with Crippen molar-refractivity contribution in [2.45, 2.75) is 25.2 Å². The molecule has 1 aromatic heterocycles. The van der Waals surface area contributed by atoms with Crippen LogP contribution in [0.25, 0.3) is 0 Å². The van der Waals surface area contributed by atoms with E-state index >= 15 is 0 Å². The molecule has 2 unspecified atom stereocenters. The molecular formula is C15H19N3O3. The van der Waals surface area contributed by atoms with E-state index in [4.69, 9.17) is 15.2 Å². The fourth-order valence-electron chi connectivity index (χ4n) is 2.56. The number of hydrogen-bond acceptors (Lipinski definition) is 5. The summed E-state index contributed by atoms with van der Waals surface area (Å²) in [6.07, 6.45) is 0.0110. The van der Waals surface area contributed by atoms with Gasteiger partial charge in [-0.05, 0) is 17.7 Å². The summed E-state index contributed by atoms with van der Waals surface area (Å²) < 4.78 is 12.6. The number of methoxy groups -OCH3 is 1. The fourth-order valence-corrected chi connectivity index (χ4v) is 2.56. The lowest BCUT2D eigenvalue weighted by Crippen LogP contribution is -2.10. The van der Waals surface area contributed by atoms with Gasteiger partial charge in [-0.1, -0.05) is 12.1 Å². The van der Waals surface area contributed by atoms with E-state index in [-0.39, 0.29) is 6.10 Å². The summed E-state index contributed by atoms with van der Waals surface area (Å²) >= 11 is 0. The minimum absolute atomic E-state index is 0.150. The lowest BCUT2D eigenvalue weighted by atomic mass is 10.1. The average Bonchev–Trinajstić information content (AvgIpc) is 3.06. The molecule has 1 aliphatic rings. The zero-order valence-corrected chi connectivity index (χ0v) is 11.9. The van der Waals surface area contributed by atoms with E-state index in [1.165, 1.54) is 0 Å². The van der Waals surface area contributed by atoms with Gasteiger partial charge in [0.2, 0.25) is 0 Å². The van der Waals surface area contributed by atoms with Gasteiger partial charge in [0.05, 0.1) is 32.1 Å². The SMILES string of the molecule is COc1ccc(Cn2nc(N)cc2C2CC(O)CO2)cc1. The largest absolute Gasteiger partial charge is 0.497 e. The first kappa shape index (κ1) is 13.9. The summed E-state index contributed by atoms with van der Waals surface area (Å²) in [5, 5.41) is 13.9. The molecule has 112 valence electrons. The van der Waals surface area contributed by atoms with E-state index in [0.717, 1.165) is 17.0 Å². The first-order valence-electron chi connectivity index (χ1n) is 6.91. The van der Waals surface area contributed by atoms with Crippen LogP contribution in [0.4, 0.5) is 5.82 Å².